The topological polar surface area (TPSA) is 123 Å². The minimum Gasteiger partial charge on any atom is -0.462 e. The van der Waals surface area contributed by atoms with Crippen molar-refractivity contribution < 1.29 is 22.7 Å². The van der Waals surface area contributed by atoms with Gasteiger partial charge in [0.25, 0.3) is 0 Å². The molecule has 1 fully saturated rings. The Kier molecular flexibility index (Phi) is 6.70. The molecule has 0 bridgehead atoms. The van der Waals surface area contributed by atoms with E-state index in [1.54, 1.807) is 48.0 Å². The van der Waals surface area contributed by atoms with Crippen LogP contribution in [0.1, 0.15) is 36.5 Å². The van der Waals surface area contributed by atoms with E-state index in [1.165, 1.54) is 10.4 Å². The van der Waals surface area contributed by atoms with Crippen molar-refractivity contribution in [2.24, 2.45) is 0 Å². The Morgan fingerprint density at radius 3 is 2.67 bits per heavy atom. The first-order chi connectivity index (χ1) is 15.9. The molecule has 1 saturated heterocycles. The molecule has 4 rings (SSSR count). The molecule has 0 unspecified atom stereocenters. The van der Waals surface area contributed by atoms with Crippen LogP contribution in [-0.2, 0) is 26.1 Å². The maximum atomic E-state index is 12.8. The third-order valence-corrected chi connectivity index (χ3v) is 7.29. The minimum atomic E-state index is -3.54. The van der Waals surface area contributed by atoms with Gasteiger partial charge in [0.1, 0.15) is 5.52 Å². The van der Waals surface area contributed by atoms with Crippen LogP contribution in [0.2, 0.25) is 0 Å². The highest BCUT2D eigenvalue weighted by Gasteiger charge is 2.27. The number of nitrogens with zero attached hydrogens (tertiary/aromatic N) is 4. The Bertz CT molecular complexity index is 1280. The fraction of sp³-hybridized carbons (Fsp3) is 0.364. The zero-order chi connectivity index (χ0) is 23.4. The number of ether oxygens (including phenoxy) is 1. The second-order valence-corrected chi connectivity index (χ2v) is 9.61. The molecule has 1 aliphatic rings. The molecule has 11 heteroatoms. The van der Waals surface area contributed by atoms with Crippen LogP contribution in [0.4, 0.5) is 5.69 Å². The first-order valence-electron chi connectivity index (χ1n) is 10.8. The fourth-order valence-electron chi connectivity index (χ4n) is 3.72. The molecule has 2 heterocycles. The Labute approximate surface area is 191 Å². The van der Waals surface area contributed by atoms with Crippen molar-refractivity contribution in [3.63, 3.8) is 0 Å². The monoisotopic (exact) mass is 471 g/mol. The Balaban J connectivity index is 1.41. The van der Waals surface area contributed by atoms with Crippen molar-refractivity contribution in [2.75, 3.05) is 25.0 Å². The number of nitrogens with one attached hydrogen (secondary N) is 1. The van der Waals surface area contributed by atoms with Gasteiger partial charge in [-0.1, -0.05) is 11.3 Å². The molecule has 2 aromatic carbocycles. The molecule has 0 saturated carbocycles. The lowest BCUT2D eigenvalue weighted by Crippen LogP contribution is -2.27. The largest absolute Gasteiger partial charge is 0.462 e. The standard InChI is InChI=1S/C22H25N5O5S/c1-2-32-22(29)16-6-5-7-17(14-16)23-21(28)10-13-27-20-9-8-18(15-19(20)24-25-27)33(30,31)26-11-3-4-12-26/h5-9,14-15H,2-4,10-13H2,1H3,(H,23,28). The number of aryl methyl sites for hydroxylation is 1. The fourth-order valence-corrected chi connectivity index (χ4v) is 5.26. The molecule has 0 aliphatic carbocycles. The normalized spacial score (nSPS) is 14.5. The van der Waals surface area contributed by atoms with E-state index < -0.39 is 16.0 Å². The van der Waals surface area contributed by atoms with Crippen molar-refractivity contribution in [3.05, 3.63) is 48.0 Å². The molecular weight excluding hydrogens is 446 g/mol. The van der Waals surface area contributed by atoms with E-state index >= 15 is 0 Å². The summed E-state index contributed by atoms with van der Waals surface area (Å²) in [5.74, 6) is -0.707. The van der Waals surface area contributed by atoms with Gasteiger partial charge in [-0.05, 0) is 56.2 Å². The molecule has 174 valence electrons. The summed E-state index contributed by atoms with van der Waals surface area (Å²) in [6.45, 7) is 3.32. The number of fused-ring (bicyclic) bond motifs is 1. The van der Waals surface area contributed by atoms with Gasteiger partial charge >= 0.3 is 5.97 Å². The van der Waals surface area contributed by atoms with E-state index in [-0.39, 0.29) is 30.4 Å². The summed E-state index contributed by atoms with van der Waals surface area (Å²) in [7, 11) is -3.54. The molecule has 0 spiro atoms. The zero-order valence-electron chi connectivity index (χ0n) is 18.2. The van der Waals surface area contributed by atoms with Crippen molar-refractivity contribution in [1.29, 1.82) is 0 Å². The number of sulfonamides is 1. The van der Waals surface area contributed by atoms with Crippen LogP contribution >= 0.6 is 0 Å². The van der Waals surface area contributed by atoms with Gasteiger partial charge in [0.2, 0.25) is 15.9 Å². The number of carbonyl (C=O) groups excluding carboxylic acids is 2. The molecule has 10 nitrogen and oxygen atoms in total. The van der Waals surface area contributed by atoms with Crippen LogP contribution in [-0.4, -0.2) is 59.3 Å². The van der Waals surface area contributed by atoms with Crippen LogP contribution in [0.25, 0.3) is 11.0 Å². The van der Waals surface area contributed by atoms with Gasteiger partial charge in [0, 0.05) is 25.2 Å². The number of anilines is 1. The summed E-state index contributed by atoms with van der Waals surface area (Å²) >= 11 is 0. The number of carbonyl (C=O) groups is 2. The van der Waals surface area contributed by atoms with Crippen molar-refractivity contribution in [1.82, 2.24) is 19.3 Å². The lowest BCUT2D eigenvalue weighted by molar-refractivity contribution is -0.116. The zero-order valence-corrected chi connectivity index (χ0v) is 19.0. The highest BCUT2D eigenvalue weighted by atomic mass is 32.2. The highest BCUT2D eigenvalue weighted by Crippen LogP contribution is 2.24. The molecular formula is C22H25N5O5S. The first-order valence-corrected chi connectivity index (χ1v) is 12.2. The Morgan fingerprint density at radius 1 is 1.12 bits per heavy atom. The predicted octanol–water partition coefficient (Wildman–Crippen LogP) is 2.42. The predicted molar refractivity (Wildman–Crippen MR) is 121 cm³/mol. The molecule has 1 amide bonds. The second-order valence-electron chi connectivity index (χ2n) is 7.67. The van der Waals surface area contributed by atoms with E-state index in [9.17, 15) is 18.0 Å². The quantitative estimate of drug-likeness (QED) is 0.501. The van der Waals surface area contributed by atoms with Gasteiger partial charge in [-0.25, -0.2) is 17.9 Å². The van der Waals surface area contributed by atoms with Gasteiger partial charge in [0.05, 0.1) is 29.1 Å². The number of rotatable bonds is 8. The lowest BCUT2D eigenvalue weighted by atomic mass is 10.2. The molecule has 33 heavy (non-hydrogen) atoms. The smallest absolute Gasteiger partial charge is 0.338 e. The van der Waals surface area contributed by atoms with Gasteiger partial charge in [-0.3, -0.25) is 4.79 Å². The summed E-state index contributed by atoms with van der Waals surface area (Å²) < 4.78 is 33.6. The van der Waals surface area contributed by atoms with E-state index in [1.807, 2.05) is 0 Å². The van der Waals surface area contributed by atoms with Crippen LogP contribution in [0, 0.1) is 0 Å². The average molecular weight is 472 g/mol. The number of esters is 1. The number of amides is 1. The first kappa shape index (κ1) is 22.9. The van der Waals surface area contributed by atoms with Crippen LogP contribution < -0.4 is 5.32 Å². The van der Waals surface area contributed by atoms with Gasteiger partial charge in [-0.15, -0.1) is 5.10 Å². The highest BCUT2D eigenvalue weighted by molar-refractivity contribution is 7.89. The molecule has 0 atom stereocenters. The van der Waals surface area contributed by atoms with Crippen molar-refractivity contribution in [2.45, 2.75) is 37.6 Å². The summed E-state index contributed by atoms with van der Waals surface area (Å²) in [4.78, 5) is 24.5. The molecule has 1 N–H and O–H groups in total. The summed E-state index contributed by atoms with van der Waals surface area (Å²) in [6, 6.07) is 11.3. The number of benzene rings is 2. The second kappa shape index (κ2) is 9.67. The minimum absolute atomic E-state index is 0.121. The molecule has 1 aliphatic heterocycles. The van der Waals surface area contributed by atoms with Gasteiger partial charge in [-0.2, -0.15) is 4.31 Å². The number of hydrogen-bond donors (Lipinski definition) is 1. The van der Waals surface area contributed by atoms with Crippen molar-refractivity contribution in [3.8, 4) is 0 Å². The van der Waals surface area contributed by atoms with Crippen LogP contribution in [0.15, 0.2) is 47.4 Å². The van der Waals surface area contributed by atoms with Gasteiger partial charge < -0.3 is 10.1 Å². The van der Waals surface area contributed by atoms with Crippen molar-refractivity contribution >= 4 is 38.6 Å². The Hall–Kier alpha value is -3.31. The SMILES string of the molecule is CCOC(=O)c1cccc(NC(=O)CCn2nnc3cc(S(=O)(=O)N4CCCC4)ccc32)c1. The van der Waals surface area contributed by atoms with Crippen LogP contribution in [0.5, 0.6) is 0 Å². The van der Waals surface area contributed by atoms with E-state index in [0.29, 0.717) is 35.4 Å². The third kappa shape index (κ3) is 5.04. The van der Waals surface area contributed by atoms with E-state index in [4.69, 9.17) is 4.74 Å². The maximum absolute atomic E-state index is 12.8. The van der Waals surface area contributed by atoms with Gasteiger partial charge in [0.15, 0.2) is 0 Å². The lowest BCUT2D eigenvalue weighted by Gasteiger charge is -2.15. The average Bonchev–Trinajstić information content (AvgIpc) is 3.48. The summed E-state index contributed by atoms with van der Waals surface area (Å²) in [5.41, 5.74) is 1.95. The molecule has 1 aromatic heterocycles. The third-order valence-electron chi connectivity index (χ3n) is 5.40. The summed E-state index contributed by atoms with van der Waals surface area (Å²) in [5, 5.41) is 10.9. The molecule has 3 aromatic rings. The van der Waals surface area contributed by atoms with Crippen LogP contribution in [0.3, 0.4) is 0 Å². The van der Waals surface area contributed by atoms with E-state index in [0.717, 1.165) is 12.8 Å². The number of hydrogen-bond acceptors (Lipinski definition) is 7. The maximum Gasteiger partial charge on any atom is 0.338 e. The Morgan fingerprint density at radius 2 is 1.91 bits per heavy atom. The molecule has 0 radical (unpaired) electrons. The number of aromatic nitrogens is 3. The van der Waals surface area contributed by atoms with E-state index in [2.05, 4.69) is 15.6 Å². The summed E-state index contributed by atoms with van der Waals surface area (Å²) in [6.07, 6.45) is 1.86.